The minimum atomic E-state index is -4.40. The van der Waals surface area contributed by atoms with Crippen LogP contribution in [0.1, 0.15) is 25.1 Å². The number of aryl methyl sites for hydroxylation is 1. The molecule has 1 unspecified atom stereocenters. The summed E-state index contributed by atoms with van der Waals surface area (Å²) in [5, 5.41) is 3.53. The van der Waals surface area contributed by atoms with Crippen molar-refractivity contribution in [2.45, 2.75) is 39.6 Å². The molecule has 1 atom stereocenters. The van der Waals surface area contributed by atoms with Gasteiger partial charge < -0.3 is 9.47 Å². The third-order valence-corrected chi connectivity index (χ3v) is 2.49. The van der Waals surface area contributed by atoms with Crippen molar-refractivity contribution in [2.75, 3.05) is 19.8 Å². The van der Waals surface area contributed by atoms with Crippen LogP contribution in [0.15, 0.2) is 6.20 Å². The van der Waals surface area contributed by atoms with Crippen LogP contribution in [-0.2, 0) is 22.2 Å². The average molecular weight is 280 g/mol. The highest BCUT2D eigenvalue weighted by molar-refractivity contribution is 5.17. The molecule has 110 valence electrons. The van der Waals surface area contributed by atoms with Gasteiger partial charge in [0, 0.05) is 6.20 Å². The predicted octanol–water partition coefficient (Wildman–Crippen LogP) is 2.65. The number of hydrogen-bond donors (Lipinski definition) is 0. The number of nitrogens with zero attached hydrogens (tertiary/aromatic N) is 2. The molecular weight excluding hydrogens is 261 g/mol. The van der Waals surface area contributed by atoms with Crippen molar-refractivity contribution in [1.29, 1.82) is 0 Å². The predicted molar refractivity (Wildman–Crippen MR) is 63.9 cm³/mol. The van der Waals surface area contributed by atoms with Crippen LogP contribution in [-0.4, -0.2) is 35.7 Å². The van der Waals surface area contributed by atoms with E-state index < -0.39 is 11.9 Å². The highest BCUT2D eigenvalue weighted by Gasteiger charge is 2.36. The van der Waals surface area contributed by atoms with Gasteiger partial charge in [-0.1, -0.05) is 13.8 Å². The van der Waals surface area contributed by atoms with Gasteiger partial charge in [0.1, 0.15) is 6.10 Å². The maximum absolute atomic E-state index is 12.5. The fourth-order valence-corrected chi connectivity index (χ4v) is 1.75. The molecule has 1 aliphatic heterocycles. The van der Waals surface area contributed by atoms with E-state index in [1.54, 1.807) is 0 Å². The normalized spacial score (nSPS) is 19.8. The van der Waals surface area contributed by atoms with Crippen LogP contribution in [0.2, 0.25) is 0 Å². The molecule has 0 saturated carbocycles. The maximum Gasteiger partial charge on any atom is 0.435 e. The summed E-state index contributed by atoms with van der Waals surface area (Å²) in [5.74, 6) is 0. The van der Waals surface area contributed by atoms with Crippen LogP contribution in [0.4, 0.5) is 13.2 Å². The van der Waals surface area contributed by atoms with Gasteiger partial charge in [0.05, 0.1) is 26.4 Å². The summed E-state index contributed by atoms with van der Waals surface area (Å²) in [7, 11) is 0. The van der Waals surface area contributed by atoms with Crippen molar-refractivity contribution in [1.82, 2.24) is 9.78 Å². The number of rotatable bonds is 2. The third-order valence-electron chi connectivity index (χ3n) is 2.49. The lowest BCUT2D eigenvalue weighted by Crippen LogP contribution is -2.32. The average Bonchev–Trinajstić information content (AvgIpc) is 2.74. The Kier molecular flexibility index (Phi) is 5.81. The van der Waals surface area contributed by atoms with Crippen molar-refractivity contribution in [3.8, 4) is 0 Å². The summed E-state index contributed by atoms with van der Waals surface area (Å²) in [6, 6.07) is 0. The minimum absolute atomic E-state index is 0.120. The molecule has 1 aromatic rings. The zero-order chi connectivity index (χ0) is 14.5. The molecule has 7 heteroatoms. The fourth-order valence-electron chi connectivity index (χ4n) is 1.75. The first kappa shape index (κ1) is 16.0. The van der Waals surface area contributed by atoms with E-state index in [4.69, 9.17) is 9.47 Å². The molecule has 1 saturated heterocycles. The summed E-state index contributed by atoms with van der Waals surface area (Å²) >= 11 is 0. The van der Waals surface area contributed by atoms with Crippen LogP contribution in [0.3, 0.4) is 0 Å². The van der Waals surface area contributed by atoms with Gasteiger partial charge in [0.15, 0.2) is 5.69 Å². The molecule has 2 heterocycles. The molecule has 1 fully saturated rings. The summed E-state index contributed by atoms with van der Waals surface area (Å²) in [6.45, 7) is 7.06. The van der Waals surface area contributed by atoms with E-state index in [0.717, 1.165) is 0 Å². The van der Waals surface area contributed by atoms with Crippen molar-refractivity contribution in [2.24, 2.45) is 0 Å². The second-order valence-corrected chi connectivity index (χ2v) is 3.95. The van der Waals surface area contributed by atoms with E-state index in [9.17, 15) is 13.2 Å². The van der Waals surface area contributed by atoms with E-state index in [1.807, 2.05) is 13.8 Å². The van der Waals surface area contributed by atoms with Crippen molar-refractivity contribution >= 4 is 0 Å². The largest absolute Gasteiger partial charge is 0.435 e. The molecule has 2 rings (SSSR count). The summed E-state index contributed by atoms with van der Waals surface area (Å²) in [5.41, 5.74) is -0.719. The van der Waals surface area contributed by atoms with Gasteiger partial charge in [-0.2, -0.15) is 18.3 Å². The van der Waals surface area contributed by atoms with Crippen LogP contribution in [0, 0.1) is 6.92 Å². The first-order chi connectivity index (χ1) is 8.97. The van der Waals surface area contributed by atoms with Gasteiger partial charge in [-0.25, -0.2) is 0 Å². The van der Waals surface area contributed by atoms with Gasteiger partial charge >= 0.3 is 6.18 Å². The summed E-state index contributed by atoms with van der Waals surface area (Å²) < 4.78 is 49.3. The smallest absolute Gasteiger partial charge is 0.376 e. The van der Waals surface area contributed by atoms with E-state index in [0.29, 0.717) is 19.8 Å². The zero-order valence-electron chi connectivity index (χ0n) is 11.3. The number of aromatic nitrogens is 2. The molecule has 0 N–H and O–H groups in total. The lowest BCUT2D eigenvalue weighted by atomic mass is 10.3. The SMILES string of the molecule is CC.Cc1cn(CC2COCCO2)nc1C(F)(F)F. The molecule has 0 spiro atoms. The summed E-state index contributed by atoms with van der Waals surface area (Å²) in [6.07, 6.45) is -3.26. The molecule has 0 radical (unpaired) electrons. The van der Waals surface area contributed by atoms with Crippen molar-refractivity contribution in [3.05, 3.63) is 17.5 Å². The number of hydrogen-bond acceptors (Lipinski definition) is 3. The van der Waals surface area contributed by atoms with Crippen LogP contribution >= 0.6 is 0 Å². The lowest BCUT2D eigenvalue weighted by Gasteiger charge is -2.22. The molecule has 4 nitrogen and oxygen atoms in total. The van der Waals surface area contributed by atoms with E-state index in [-0.39, 0.29) is 18.2 Å². The second kappa shape index (κ2) is 6.91. The Morgan fingerprint density at radius 2 is 2.05 bits per heavy atom. The molecular formula is C12H19F3N2O2. The van der Waals surface area contributed by atoms with Crippen LogP contribution in [0.25, 0.3) is 0 Å². The second-order valence-electron chi connectivity index (χ2n) is 3.95. The molecule has 0 amide bonds. The zero-order valence-corrected chi connectivity index (χ0v) is 11.3. The van der Waals surface area contributed by atoms with Crippen LogP contribution in [0.5, 0.6) is 0 Å². The van der Waals surface area contributed by atoms with Crippen molar-refractivity contribution < 1.29 is 22.6 Å². The standard InChI is InChI=1S/C10H13F3N2O2.C2H6/c1-7-4-15(14-9(7)10(11,12)13)5-8-6-16-2-3-17-8;1-2/h4,8H,2-3,5-6H2,1H3;1-2H3. The number of halogens is 3. The Morgan fingerprint density at radius 3 is 2.53 bits per heavy atom. The first-order valence-corrected chi connectivity index (χ1v) is 6.27. The third kappa shape index (κ3) is 4.50. The van der Waals surface area contributed by atoms with Gasteiger partial charge in [0.2, 0.25) is 0 Å². The van der Waals surface area contributed by atoms with Crippen LogP contribution < -0.4 is 0 Å². The topological polar surface area (TPSA) is 36.3 Å². The Bertz CT molecular complexity index is 385. The van der Waals surface area contributed by atoms with Gasteiger partial charge in [0.25, 0.3) is 0 Å². The molecule has 1 aliphatic rings. The lowest BCUT2D eigenvalue weighted by molar-refractivity contribution is -0.142. The molecule has 0 aromatic carbocycles. The van der Waals surface area contributed by atoms with Crippen molar-refractivity contribution in [3.63, 3.8) is 0 Å². The first-order valence-electron chi connectivity index (χ1n) is 6.27. The number of alkyl halides is 3. The highest BCUT2D eigenvalue weighted by atomic mass is 19.4. The van der Waals surface area contributed by atoms with Gasteiger partial charge in [-0.15, -0.1) is 0 Å². The Balaban J connectivity index is 0.000000861. The molecule has 1 aromatic heterocycles. The molecule has 0 bridgehead atoms. The highest BCUT2D eigenvalue weighted by Crippen LogP contribution is 2.30. The summed E-state index contributed by atoms with van der Waals surface area (Å²) in [4.78, 5) is 0. The van der Waals surface area contributed by atoms with Gasteiger partial charge in [-0.05, 0) is 12.5 Å². The monoisotopic (exact) mass is 280 g/mol. The maximum atomic E-state index is 12.5. The van der Waals surface area contributed by atoms with E-state index >= 15 is 0 Å². The Labute approximate surface area is 110 Å². The molecule has 0 aliphatic carbocycles. The molecule has 19 heavy (non-hydrogen) atoms. The van der Waals surface area contributed by atoms with E-state index in [2.05, 4.69) is 5.10 Å². The minimum Gasteiger partial charge on any atom is -0.376 e. The van der Waals surface area contributed by atoms with E-state index in [1.165, 1.54) is 17.8 Å². The Hall–Kier alpha value is -1.08. The number of ether oxygens (including phenoxy) is 2. The Morgan fingerprint density at radius 1 is 1.37 bits per heavy atom. The fraction of sp³-hybridized carbons (Fsp3) is 0.750. The van der Waals surface area contributed by atoms with Gasteiger partial charge in [-0.3, -0.25) is 4.68 Å². The quantitative estimate of drug-likeness (QED) is 0.835.